The van der Waals surface area contributed by atoms with E-state index < -0.39 is 6.17 Å². The molecular formula is C18H21FN6. The Bertz CT molecular complexity index is 906. The highest BCUT2D eigenvalue weighted by Crippen LogP contribution is 2.27. The number of aryl methyl sites for hydroxylation is 2. The van der Waals surface area contributed by atoms with Crippen molar-refractivity contribution in [2.45, 2.75) is 25.9 Å². The molecule has 1 fully saturated rings. The summed E-state index contributed by atoms with van der Waals surface area (Å²) in [5.74, 6) is 1.60. The van der Waals surface area contributed by atoms with Crippen LogP contribution in [0.5, 0.6) is 0 Å². The van der Waals surface area contributed by atoms with Crippen LogP contribution in [0.1, 0.15) is 18.9 Å². The molecular weight excluding hydrogens is 319 g/mol. The highest BCUT2D eigenvalue weighted by atomic mass is 19.1. The first kappa shape index (κ1) is 15.8. The minimum atomic E-state index is -0.750. The fourth-order valence-electron chi connectivity index (χ4n) is 3.23. The molecule has 0 spiro atoms. The van der Waals surface area contributed by atoms with Crippen molar-refractivity contribution < 1.29 is 4.39 Å². The number of halogens is 1. The Morgan fingerprint density at radius 1 is 1.24 bits per heavy atom. The number of aromatic nitrogens is 4. The molecule has 0 bridgehead atoms. The van der Waals surface area contributed by atoms with E-state index >= 15 is 0 Å². The monoisotopic (exact) mass is 340 g/mol. The maximum atomic E-state index is 13.4. The zero-order valence-corrected chi connectivity index (χ0v) is 14.4. The van der Waals surface area contributed by atoms with Crippen LogP contribution in [0.15, 0.2) is 30.9 Å². The highest BCUT2D eigenvalue weighted by Gasteiger charge is 2.23. The van der Waals surface area contributed by atoms with Crippen LogP contribution in [-0.4, -0.2) is 38.8 Å². The number of anilines is 3. The minimum Gasteiger partial charge on any atom is -0.354 e. The molecule has 0 radical (unpaired) electrons. The van der Waals surface area contributed by atoms with Crippen LogP contribution in [0.2, 0.25) is 0 Å². The zero-order chi connectivity index (χ0) is 17.4. The molecule has 7 heteroatoms. The summed E-state index contributed by atoms with van der Waals surface area (Å²) in [5, 5.41) is 3.35. The van der Waals surface area contributed by atoms with Gasteiger partial charge in [-0.1, -0.05) is 6.92 Å². The normalized spacial score (nSPS) is 17.4. The first-order valence-corrected chi connectivity index (χ1v) is 8.56. The van der Waals surface area contributed by atoms with Crippen molar-refractivity contribution in [1.29, 1.82) is 0 Å². The topological polar surface area (TPSA) is 58.9 Å². The average molecular weight is 340 g/mol. The smallest absolute Gasteiger partial charge is 0.132 e. The quantitative estimate of drug-likeness (QED) is 0.790. The van der Waals surface area contributed by atoms with Gasteiger partial charge in [0.05, 0.1) is 36.5 Å². The number of fused-ring (bicyclic) bond motifs is 1. The van der Waals surface area contributed by atoms with E-state index in [-0.39, 0.29) is 0 Å². The van der Waals surface area contributed by atoms with Crippen molar-refractivity contribution in [3.63, 3.8) is 0 Å². The van der Waals surface area contributed by atoms with Crippen molar-refractivity contribution in [1.82, 2.24) is 19.5 Å². The number of hydrogen-bond donors (Lipinski definition) is 1. The van der Waals surface area contributed by atoms with Gasteiger partial charge in [-0.15, -0.1) is 0 Å². The van der Waals surface area contributed by atoms with E-state index in [2.05, 4.69) is 27.2 Å². The molecule has 3 aromatic rings. The SMILES string of the molecule is CCc1cc(N2CC[C@H](F)C2)ncc1Nc1cc2c(cn1)ncn2C. The lowest BCUT2D eigenvalue weighted by Crippen LogP contribution is -2.21. The van der Waals surface area contributed by atoms with Gasteiger partial charge in [-0.25, -0.2) is 19.3 Å². The van der Waals surface area contributed by atoms with Gasteiger partial charge in [0.25, 0.3) is 0 Å². The van der Waals surface area contributed by atoms with E-state index in [1.807, 2.05) is 34.8 Å². The molecule has 0 aromatic carbocycles. The lowest BCUT2D eigenvalue weighted by Gasteiger charge is -2.19. The summed E-state index contributed by atoms with van der Waals surface area (Å²) in [6.45, 7) is 3.26. The number of rotatable bonds is 4. The van der Waals surface area contributed by atoms with E-state index in [1.165, 1.54) is 0 Å². The molecule has 6 nitrogen and oxygen atoms in total. The van der Waals surface area contributed by atoms with E-state index in [0.29, 0.717) is 13.0 Å². The van der Waals surface area contributed by atoms with Crippen LogP contribution >= 0.6 is 0 Å². The number of pyridine rings is 2. The minimum absolute atomic E-state index is 0.432. The lowest BCUT2D eigenvalue weighted by molar-refractivity contribution is 0.364. The molecule has 130 valence electrons. The molecule has 1 aliphatic heterocycles. The Labute approximate surface area is 145 Å². The van der Waals surface area contributed by atoms with Crippen LogP contribution in [0, 0.1) is 0 Å². The third-order valence-electron chi connectivity index (χ3n) is 4.69. The van der Waals surface area contributed by atoms with Gasteiger partial charge in [0, 0.05) is 19.7 Å². The second kappa shape index (κ2) is 6.31. The maximum Gasteiger partial charge on any atom is 0.132 e. The van der Waals surface area contributed by atoms with E-state index in [4.69, 9.17) is 0 Å². The molecule has 3 aromatic heterocycles. The molecule has 1 N–H and O–H groups in total. The summed E-state index contributed by atoms with van der Waals surface area (Å²) in [7, 11) is 1.96. The predicted octanol–water partition coefficient (Wildman–Crippen LogP) is 3.22. The zero-order valence-electron chi connectivity index (χ0n) is 14.4. The fraction of sp³-hybridized carbons (Fsp3) is 0.389. The summed E-state index contributed by atoms with van der Waals surface area (Å²) < 4.78 is 15.4. The third kappa shape index (κ3) is 3.01. The molecule has 4 heterocycles. The molecule has 0 unspecified atom stereocenters. The van der Waals surface area contributed by atoms with Crippen LogP contribution in [0.3, 0.4) is 0 Å². The van der Waals surface area contributed by atoms with Gasteiger partial charge in [0.15, 0.2) is 0 Å². The van der Waals surface area contributed by atoms with Gasteiger partial charge in [0.1, 0.15) is 23.3 Å². The second-order valence-corrected chi connectivity index (χ2v) is 6.42. The van der Waals surface area contributed by atoms with Gasteiger partial charge >= 0.3 is 0 Å². The van der Waals surface area contributed by atoms with E-state index in [1.54, 1.807) is 12.5 Å². The Morgan fingerprint density at radius 2 is 2.12 bits per heavy atom. The van der Waals surface area contributed by atoms with Crippen LogP contribution in [-0.2, 0) is 13.5 Å². The highest BCUT2D eigenvalue weighted by molar-refractivity contribution is 5.78. The average Bonchev–Trinajstić information content (AvgIpc) is 3.22. The van der Waals surface area contributed by atoms with Crippen LogP contribution in [0.25, 0.3) is 11.0 Å². The Hall–Kier alpha value is -2.70. The third-order valence-corrected chi connectivity index (χ3v) is 4.69. The number of imidazole rings is 1. The fourth-order valence-corrected chi connectivity index (χ4v) is 3.23. The van der Waals surface area contributed by atoms with Gasteiger partial charge in [-0.2, -0.15) is 0 Å². The van der Waals surface area contributed by atoms with Crippen molar-refractivity contribution in [2.75, 3.05) is 23.3 Å². The molecule has 0 amide bonds. The lowest BCUT2D eigenvalue weighted by atomic mass is 10.1. The summed E-state index contributed by atoms with van der Waals surface area (Å²) in [6, 6.07) is 4.02. The molecule has 1 aliphatic rings. The van der Waals surface area contributed by atoms with Crippen LogP contribution < -0.4 is 10.2 Å². The van der Waals surface area contributed by atoms with Gasteiger partial charge in [-0.05, 0) is 24.5 Å². The first-order chi connectivity index (χ1) is 12.1. The molecule has 1 atom stereocenters. The van der Waals surface area contributed by atoms with Crippen molar-refractivity contribution >= 4 is 28.4 Å². The summed E-state index contributed by atoms with van der Waals surface area (Å²) in [5.41, 5.74) is 3.95. The number of hydrogen-bond acceptors (Lipinski definition) is 5. The Morgan fingerprint density at radius 3 is 2.88 bits per heavy atom. The molecule has 4 rings (SSSR count). The first-order valence-electron chi connectivity index (χ1n) is 8.56. The van der Waals surface area contributed by atoms with Crippen molar-refractivity contribution in [3.05, 3.63) is 36.4 Å². The standard InChI is InChI=1S/C18H21FN6/c1-3-12-6-18(25-5-4-13(19)10-25)21-8-14(12)23-17-7-16-15(9-20-17)22-11-24(16)2/h6-9,11,13H,3-5,10H2,1-2H3,(H,20,23)/t13-/m0/s1. The predicted molar refractivity (Wildman–Crippen MR) is 97.1 cm³/mol. The Kier molecular flexibility index (Phi) is 3.99. The van der Waals surface area contributed by atoms with E-state index in [0.717, 1.165) is 46.9 Å². The summed E-state index contributed by atoms with van der Waals surface area (Å²) in [4.78, 5) is 15.2. The van der Waals surface area contributed by atoms with Crippen molar-refractivity contribution in [2.24, 2.45) is 7.05 Å². The molecule has 0 saturated carbocycles. The summed E-state index contributed by atoms with van der Waals surface area (Å²) in [6.07, 6.45) is 6.04. The van der Waals surface area contributed by atoms with Gasteiger partial charge < -0.3 is 14.8 Å². The number of nitrogens with zero attached hydrogens (tertiary/aromatic N) is 5. The molecule has 1 saturated heterocycles. The van der Waals surface area contributed by atoms with Crippen molar-refractivity contribution in [3.8, 4) is 0 Å². The van der Waals surface area contributed by atoms with Crippen LogP contribution in [0.4, 0.5) is 21.7 Å². The van der Waals surface area contributed by atoms with E-state index in [9.17, 15) is 4.39 Å². The Balaban J connectivity index is 1.61. The number of nitrogens with one attached hydrogen (secondary N) is 1. The molecule has 25 heavy (non-hydrogen) atoms. The van der Waals surface area contributed by atoms with Gasteiger partial charge in [-0.3, -0.25) is 0 Å². The maximum absolute atomic E-state index is 13.4. The second-order valence-electron chi connectivity index (χ2n) is 6.42. The molecule has 0 aliphatic carbocycles. The van der Waals surface area contributed by atoms with Gasteiger partial charge in [0.2, 0.25) is 0 Å². The summed E-state index contributed by atoms with van der Waals surface area (Å²) >= 11 is 0. The largest absolute Gasteiger partial charge is 0.354 e. The number of alkyl halides is 1.